The van der Waals surface area contributed by atoms with Gasteiger partial charge in [0.1, 0.15) is 5.15 Å². The molecule has 0 aromatic carbocycles. The number of aromatic nitrogens is 2. The molecule has 1 aromatic rings. The van der Waals surface area contributed by atoms with Crippen LogP contribution in [0.4, 0.5) is 0 Å². The van der Waals surface area contributed by atoms with E-state index in [9.17, 15) is 4.79 Å². The largest absolute Gasteiger partial charge is 0.299 e. The molecule has 0 unspecified atom stereocenters. The lowest BCUT2D eigenvalue weighted by atomic mass is 10.1. The number of hydrogen-bond donors (Lipinski definition) is 0. The van der Waals surface area contributed by atoms with Crippen LogP contribution in [-0.4, -0.2) is 9.55 Å². The predicted molar refractivity (Wildman–Crippen MR) is 85.4 cm³/mol. The van der Waals surface area contributed by atoms with E-state index < -0.39 is 0 Å². The van der Waals surface area contributed by atoms with Crippen LogP contribution in [0.25, 0.3) is 0 Å². The second-order valence-corrected chi connectivity index (χ2v) is 5.81. The molecule has 0 amide bonds. The van der Waals surface area contributed by atoms with Gasteiger partial charge in [-0.25, -0.2) is 4.98 Å². The van der Waals surface area contributed by atoms with Crippen LogP contribution >= 0.6 is 11.6 Å². The summed E-state index contributed by atoms with van der Waals surface area (Å²) in [6.07, 6.45) is 14.6. The molecule has 0 bridgehead atoms. The summed E-state index contributed by atoms with van der Waals surface area (Å²) < 4.78 is 1.64. The normalized spacial score (nSPS) is 10.9. The zero-order chi connectivity index (χ0) is 14.6. The highest BCUT2D eigenvalue weighted by atomic mass is 35.5. The van der Waals surface area contributed by atoms with Crippen LogP contribution in [0.15, 0.2) is 17.2 Å². The average Bonchev–Trinajstić information content (AvgIpc) is 2.43. The van der Waals surface area contributed by atoms with E-state index >= 15 is 0 Å². The Balaban J connectivity index is 1.98. The predicted octanol–water partition coefficient (Wildman–Crippen LogP) is 4.82. The Labute approximate surface area is 127 Å². The van der Waals surface area contributed by atoms with Gasteiger partial charge in [-0.05, 0) is 6.42 Å². The van der Waals surface area contributed by atoms with E-state index in [0.717, 1.165) is 13.0 Å². The van der Waals surface area contributed by atoms with Gasteiger partial charge in [-0.3, -0.25) is 9.36 Å². The maximum atomic E-state index is 11.6. The van der Waals surface area contributed by atoms with Crippen molar-refractivity contribution in [1.82, 2.24) is 9.55 Å². The highest BCUT2D eigenvalue weighted by Crippen LogP contribution is 2.10. The number of nitrogens with zero attached hydrogens (tertiary/aromatic N) is 2. The zero-order valence-corrected chi connectivity index (χ0v) is 13.4. The lowest BCUT2D eigenvalue weighted by molar-refractivity contribution is 0.527. The number of aryl methyl sites for hydroxylation is 1. The van der Waals surface area contributed by atoms with E-state index in [0.29, 0.717) is 0 Å². The standard InChI is InChI=1S/C16H27ClN2O/c1-2-3-4-5-6-7-8-9-10-11-12-19-14-18-15(17)13-16(19)20/h13-14H,2-12H2,1H3. The van der Waals surface area contributed by atoms with Crippen molar-refractivity contribution < 1.29 is 0 Å². The average molecular weight is 299 g/mol. The van der Waals surface area contributed by atoms with Crippen molar-refractivity contribution in [2.75, 3.05) is 0 Å². The second-order valence-electron chi connectivity index (χ2n) is 5.43. The molecular formula is C16H27ClN2O. The Morgan fingerprint density at radius 1 is 1.00 bits per heavy atom. The van der Waals surface area contributed by atoms with Gasteiger partial charge in [-0.1, -0.05) is 76.3 Å². The summed E-state index contributed by atoms with van der Waals surface area (Å²) in [6.45, 7) is 3.00. The fraction of sp³-hybridized carbons (Fsp3) is 0.750. The molecule has 4 heteroatoms. The van der Waals surface area contributed by atoms with E-state index in [1.54, 1.807) is 10.9 Å². The Kier molecular flexibility index (Phi) is 9.38. The molecule has 0 atom stereocenters. The van der Waals surface area contributed by atoms with Crippen LogP contribution in [-0.2, 0) is 6.54 Å². The molecule has 20 heavy (non-hydrogen) atoms. The maximum Gasteiger partial charge on any atom is 0.254 e. The van der Waals surface area contributed by atoms with Crippen LogP contribution in [0.3, 0.4) is 0 Å². The number of halogens is 1. The Morgan fingerprint density at radius 2 is 1.55 bits per heavy atom. The van der Waals surface area contributed by atoms with E-state index in [1.807, 2.05) is 0 Å². The summed E-state index contributed by atoms with van der Waals surface area (Å²) in [5, 5.41) is 0.273. The van der Waals surface area contributed by atoms with E-state index in [2.05, 4.69) is 11.9 Å². The van der Waals surface area contributed by atoms with Crippen molar-refractivity contribution in [3.05, 3.63) is 27.9 Å². The fourth-order valence-corrected chi connectivity index (χ4v) is 2.48. The van der Waals surface area contributed by atoms with Gasteiger partial charge in [0.25, 0.3) is 5.56 Å². The van der Waals surface area contributed by atoms with E-state index in [-0.39, 0.29) is 10.7 Å². The molecule has 3 nitrogen and oxygen atoms in total. The molecule has 0 saturated heterocycles. The SMILES string of the molecule is CCCCCCCCCCCCn1cnc(Cl)cc1=O. The summed E-state index contributed by atoms with van der Waals surface area (Å²) in [4.78, 5) is 15.5. The van der Waals surface area contributed by atoms with Crippen LogP contribution in [0.2, 0.25) is 5.15 Å². The first-order valence-electron chi connectivity index (χ1n) is 7.96. The number of hydrogen-bond acceptors (Lipinski definition) is 2. The monoisotopic (exact) mass is 298 g/mol. The first-order valence-corrected chi connectivity index (χ1v) is 8.34. The number of unbranched alkanes of at least 4 members (excludes halogenated alkanes) is 9. The van der Waals surface area contributed by atoms with E-state index in [1.165, 1.54) is 63.9 Å². The highest BCUT2D eigenvalue weighted by molar-refractivity contribution is 6.29. The molecule has 0 saturated carbocycles. The maximum absolute atomic E-state index is 11.6. The van der Waals surface area contributed by atoms with Gasteiger partial charge in [0.2, 0.25) is 0 Å². The van der Waals surface area contributed by atoms with Crippen molar-refractivity contribution in [1.29, 1.82) is 0 Å². The van der Waals surface area contributed by atoms with Gasteiger partial charge in [0, 0.05) is 12.6 Å². The minimum absolute atomic E-state index is 0.0547. The highest BCUT2D eigenvalue weighted by Gasteiger charge is 1.98. The molecule has 0 aliphatic heterocycles. The van der Waals surface area contributed by atoms with Crippen LogP contribution in [0.5, 0.6) is 0 Å². The Morgan fingerprint density at radius 3 is 2.10 bits per heavy atom. The zero-order valence-electron chi connectivity index (χ0n) is 12.6. The third-order valence-corrected chi connectivity index (χ3v) is 3.81. The van der Waals surface area contributed by atoms with Gasteiger partial charge in [-0.15, -0.1) is 0 Å². The van der Waals surface area contributed by atoms with E-state index in [4.69, 9.17) is 11.6 Å². The van der Waals surface area contributed by atoms with Gasteiger partial charge in [0.05, 0.1) is 6.33 Å². The van der Waals surface area contributed by atoms with Gasteiger partial charge in [-0.2, -0.15) is 0 Å². The molecule has 0 aliphatic carbocycles. The van der Waals surface area contributed by atoms with Crippen molar-refractivity contribution in [3.63, 3.8) is 0 Å². The minimum Gasteiger partial charge on any atom is -0.299 e. The molecule has 0 radical (unpaired) electrons. The third kappa shape index (κ3) is 7.68. The Bertz CT molecular complexity index is 417. The molecule has 1 rings (SSSR count). The topological polar surface area (TPSA) is 34.9 Å². The van der Waals surface area contributed by atoms with Gasteiger partial charge >= 0.3 is 0 Å². The summed E-state index contributed by atoms with van der Waals surface area (Å²) in [6, 6.07) is 1.37. The molecule has 0 N–H and O–H groups in total. The van der Waals surface area contributed by atoms with Crippen molar-refractivity contribution in [2.45, 2.75) is 77.7 Å². The summed E-state index contributed by atoms with van der Waals surface area (Å²) in [7, 11) is 0. The molecule has 1 heterocycles. The third-order valence-electron chi connectivity index (χ3n) is 3.60. The summed E-state index contributed by atoms with van der Waals surface area (Å²) in [5.74, 6) is 0. The molecular weight excluding hydrogens is 272 g/mol. The van der Waals surface area contributed by atoms with Crippen molar-refractivity contribution >= 4 is 11.6 Å². The molecule has 114 valence electrons. The fourth-order valence-electron chi connectivity index (χ4n) is 2.34. The summed E-state index contributed by atoms with van der Waals surface area (Å²) in [5.41, 5.74) is -0.0547. The Hall–Kier alpha value is -0.830. The van der Waals surface area contributed by atoms with Gasteiger partial charge < -0.3 is 0 Å². The van der Waals surface area contributed by atoms with Crippen LogP contribution in [0.1, 0.15) is 71.1 Å². The molecule has 0 spiro atoms. The summed E-state index contributed by atoms with van der Waals surface area (Å²) >= 11 is 5.66. The second kappa shape index (κ2) is 10.9. The molecule has 0 fully saturated rings. The first-order chi connectivity index (χ1) is 9.74. The molecule has 1 aromatic heterocycles. The van der Waals surface area contributed by atoms with Crippen molar-refractivity contribution in [2.24, 2.45) is 0 Å². The lowest BCUT2D eigenvalue weighted by Crippen LogP contribution is -2.19. The molecule has 0 aliphatic rings. The van der Waals surface area contributed by atoms with Crippen LogP contribution < -0.4 is 5.56 Å². The smallest absolute Gasteiger partial charge is 0.254 e. The number of rotatable bonds is 11. The van der Waals surface area contributed by atoms with Crippen LogP contribution in [0, 0.1) is 0 Å². The van der Waals surface area contributed by atoms with Gasteiger partial charge in [0.15, 0.2) is 0 Å². The quantitative estimate of drug-likeness (QED) is 0.434. The first kappa shape index (κ1) is 17.2. The lowest BCUT2D eigenvalue weighted by Gasteiger charge is -2.05. The van der Waals surface area contributed by atoms with Crippen molar-refractivity contribution in [3.8, 4) is 0 Å². The minimum atomic E-state index is -0.0547.